The Hall–Kier alpha value is -3.66. The van der Waals surface area contributed by atoms with Gasteiger partial charge in [-0.15, -0.1) is 10.2 Å². The van der Waals surface area contributed by atoms with E-state index in [4.69, 9.17) is 22.1 Å². The molecule has 1 unspecified atom stereocenters. The van der Waals surface area contributed by atoms with Crippen molar-refractivity contribution in [3.63, 3.8) is 0 Å². The van der Waals surface area contributed by atoms with Crippen molar-refractivity contribution < 1.29 is 14.3 Å². The molecule has 0 aliphatic rings. The molecule has 10 nitrogen and oxygen atoms in total. The summed E-state index contributed by atoms with van der Waals surface area (Å²) < 4.78 is 5.17. The number of nitrogens with one attached hydrogen (secondary N) is 2. The third kappa shape index (κ3) is 5.92. The van der Waals surface area contributed by atoms with Crippen molar-refractivity contribution >= 4 is 29.2 Å². The van der Waals surface area contributed by atoms with Crippen LogP contribution in [0.3, 0.4) is 0 Å². The second kappa shape index (κ2) is 9.70. The Morgan fingerprint density at radius 2 is 1.87 bits per heavy atom. The first kappa shape index (κ1) is 21.1. The normalized spacial score (nSPS) is 11.5. The summed E-state index contributed by atoms with van der Waals surface area (Å²) in [6.07, 6.45) is 0.389. The number of hydrogen-bond donors (Lipinski definition) is 3. The van der Waals surface area contributed by atoms with Gasteiger partial charge < -0.3 is 21.1 Å². The number of anilines is 1. The fourth-order valence-corrected chi connectivity index (χ4v) is 2.79. The number of tetrazole rings is 1. The first-order valence-corrected chi connectivity index (χ1v) is 9.33. The molecule has 1 atom stereocenters. The molecule has 0 saturated carbocycles. The van der Waals surface area contributed by atoms with Crippen LogP contribution >= 0.6 is 11.6 Å². The monoisotopic (exact) mass is 429 g/mol. The van der Waals surface area contributed by atoms with Crippen LogP contribution < -0.4 is 21.1 Å². The van der Waals surface area contributed by atoms with Crippen LogP contribution in [0.15, 0.2) is 48.5 Å². The van der Waals surface area contributed by atoms with Crippen molar-refractivity contribution in [2.24, 2.45) is 5.73 Å². The maximum atomic E-state index is 12.5. The molecule has 1 heterocycles. The zero-order valence-corrected chi connectivity index (χ0v) is 16.8. The number of methoxy groups -OCH3 is 1. The van der Waals surface area contributed by atoms with Crippen LogP contribution in [0.2, 0.25) is 5.02 Å². The second-order valence-corrected chi connectivity index (χ2v) is 6.79. The van der Waals surface area contributed by atoms with Crippen molar-refractivity contribution in [1.82, 2.24) is 25.5 Å². The van der Waals surface area contributed by atoms with E-state index in [1.165, 1.54) is 0 Å². The summed E-state index contributed by atoms with van der Waals surface area (Å²) >= 11 is 5.87. The van der Waals surface area contributed by atoms with E-state index in [0.29, 0.717) is 22.9 Å². The van der Waals surface area contributed by atoms with E-state index >= 15 is 0 Å². The van der Waals surface area contributed by atoms with Gasteiger partial charge in [0, 0.05) is 17.1 Å². The lowest BCUT2D eigenvalue weighted by Gasteiger charge is -2.16. The number of nitrogens with zero attached hydrogens (tertiary/aromatic N) is 4. The number of aromatic nitrogens is 4. The zero-order valence-electron chi connectivity index (χ0n) is 16.1. The molecule has 2 aromatic carbocycles. The highest BCUT2D eigenvalue weighted by molar-refractivity contribution is 6.30. The minimum absolute atomic E-state index is 0.209. The van der Waals surface area contributed by atoms with Gasteiger partial charge in [-0.2, -0.15) is 4.80 Å². The maximum absolute atomic E-state index is 12.5. The molecule has 0 bridgehead atoms. The van der Waals surface area contributed by atoms with Gasteiger partial charge in [0.05, 0.1) is 13.2 Å². The Kier molecular flexibility index (Phi) is 6.81. The molecule has 0 saturated heterocycles. The van der Waals surface area contributed by atoms with E-state index in [1.807, 2.05) is 24.3 Å². The van der Waals surface area contributed by atoms with Crippen molar-refractivity contribution in [2.75, 3.05) is 12.4 Å². The van der Waals surface area contributed by atoms with E-state index in [-0.39, 0.29) is 12.4 Å². The van der Waals surface area contributed by atoms with Crippen molar-refractivity contribution in [1.29, 1.82) is 0 Å². The van der Waals surface area contributed by atoms with Crippen LogP contribution in [-0.4, -0.2) is 39.3 Å². The summed E-state index contributed by atoms with van der Waals surface area (Å²) in [5.41, 5.74) is 6.66. The fourth-order valence-electron chi connectivity index (χ4n) is 2.66. The number of rotatable bonds is 8. The molecule has 156 valence electrons. The standard InChI is InChI=1S/C19H20ClN7O3/c1-30-15-8-2-12(3-9-15)10-16(18-24-26-27(25-18)11-17(21)28)23-19(29)22-14-6-4-13(20)5-7-14/h2-9,16H,10-11H2,1H3,(H2,21,28)(H2,22,23,29). The number of halogens is 1. The molecule has 30 heavy (non-hydrogen) atoms. The second-order valence-electron chi connectivity index (χ2n) is 6.35. The third-order valence-electron chi connectivity index (χ3n) is 4.08. The van der Waals surface area contributed by atoms with Crippen molar-refractivity contribution in [3.05, 3.63) is 64.9 Å². The summed E-state index contributed by atoms with van der Waals surface area (Å²) in [7, 11) is 1.58. The minimum atomic E-state index is -0.604. The molecule has 3 rings (SSSR count). The van der Waals surface area contributed by atoms with Crippen LogP contribution in [0, 0.1) is 0 Å². The lowest BCUT2D eigenvalue weighted by Crippen LogP contribution is -2.34. The van der Waals surface area contributed by atoms with Crippen molar-refractivity contribution in [3.8, 4) is 5.75 Å². The number of amides is 3. The average Bonchev–Trinajstić information content (AvgIpc) is 3.17. The number of benzene rings is 2. The molecule has 0 aliphatic carbocycles. The first-order valence-electron chi connectivity index (χ1n) is 8.95. The van der Waals surface area contributed by atoms with E-state index < -0.39 is 18.0 Å². The Bertz CT molecular complexity index is 1010. The van der Waals surface area contributed by atoms with Crippen molar-refractivity contribution in [2.45, 2.75) is 19.0 Å². The van der Waals surface area contributed by atoms with Crippen LogP contribution in [0.5, 0.6) is 5.75 Å². The first-order chi connectivity index (χ1) is 14.4. The van der Waals surface area contributed by atoms with E-state index in [0.717, 1.165) is 10.4 Å². The summed E-state index contributed by atoms with van der Waals surface area (Å²) in [6, 6.07) is 13.0. The number of carbonyl (C=O) groups is 2. The number of hydrogen-bond acceptors (Lipinski definition) is 6. The van der Waals surface area contributed by atoms with Gasteiger partial charge in [0.1, 0.15) is 12.3 Å². The van der Waals surface area contributed by atoms with E-state index in [1.54, 1.807) is 31.4 Å². The highest BCUT2D eigenvalue weighted by Gasteiger charge is 2.21. The molecule has 3 aromatic rings. The van der Waals surface area contributed by atoms with Gasteiger partial charge in [0.2, 0.25) is 5.91 Å². The van der Waals surface area contributed by atoms with Gasteiger partial charge >= 0.3 is 6.03 Å². The number of primary amides is 1. The average molecular weight is 430 g/mol. The van der Waals surface area contributed by atoms with Gasteiger partial charge in [0.25, 0.3) is 0 Å². The Morgan fingerprint density at radius 1 is 1.17 bits per heavy atom. The highest BCUT2D eigenvalue weighted by Crippen LogP contribution is 2.19. The highest BCUT2D eigenvalue weighted by atomic mass is 35.5. The Balaban J connectivity index is 1.76. The smallest absolute Gasteiger partial charge is 0.319 e. The number of ether oxygens (including phenoxy) is 1. The molecule has 1 aromatic heterocycles. The molecule has 11 heteroatoms. The summed E-state index contributed by atoms with van der Waals surface area (Å²) in [5.74, 6) is 0.367. The third-order valence-corrected chi connectivity index (χ3v) is 4.34. The molecular weight excluding hydrogens is 410 g/mol. The fraction of sp³-hybridized carbons (Fsp3) is 0.211. The lowest BCUT2D eigenvalue weighted by atomic mass is 10.1. The van der Waals surface area contributed by atoms with Gasteiger partial charge in [-0.05, 0) is 47.2 Å². The summed E-state index contributed by atoms with van der Waals surface area (Å²) in [5, 5.41) is 18.1. The maximum Gasteiger partial charge on any atom is 0.319 e. The molecule has 0 spiro atoms. The number of urea groups is 1. The Morgan fingerprint density at radius 3 is 2.50 bits per heavy atom. The summed E-state index contributed by atoms with van der Waals surface area (Å²) in [4.78, 5) is 24.7. The van der Waals surface area contributed by atoms with Gasteiger partial charge in [0.15, 0.2) is 5.82 Å². The van der Waals surface area contributed by atoms with Gasteiger partial charge in [-0.25, -0.2) is 4.79 Å². The van der Waals surface area contributed by atoms with Gasteiger partial charge in [-0.1, -0.05) is 23.7 Å². The molecule has 0 radical (unpaired) electrons. The molecule has 0 aliphatic heterocycles. The number of carbonyl (C=O) groups excluding carboxylic acids is 2. The largest absolute Gasteiger partial charge is 0.497 e. The topological polar surface area (TPSA) is 137 Å². The van der Waals surface area contributed by atoms with E-state index in [2.05, 4.69) is 26.0 Å². The van der Waals surface area contributed by atoms with Crippen LogP contribution in [-0.2, 0) is 17.8 Å². The predicted octanol–water partition coefficient (Wildman–Crippen LogP) is 1.93. The van der Waals surface area contributed by atoms with Crippen LogP contribution in [0.1, 0.15) is 17.4 Å². The zero-order chi connectivity index (χ0) is 21.5. The molecule has 3 amide bonds. The summed E-state index contributed by atoms with van der Waals surface area (Å²) in [6.45, 7) is -0.209. The Labute approximate surface area is 177 Å². The predicted molar refractivity (Wildman–Crippen MR) is 110 cm³/mol. The SMILES string of the molecule is COc1ccc(CC(NC(=O)Nc2ccc(Cl)cc2)c2nnn(CC(N)=O)n2)cc1. The lowest BCUT2D eigenvalue weighted by molar-refractivity contribution is -0.119. The molecule has 0 fully saturated rings. The van der Waals surface area contributed by atoms with Crippen LogP contribution in [0.25, 0.3) is 0 Å². The quantitative estimate of drug-likeness (QED) is 0.500. The molecule has 4 N–H and O–H groups in total. The van der Waals surface area contributed by atoms with Crippen LogP contribution in [0.4, 0.5) is 10.5 Å². The minimum Gasteiger partial charge on any atom is -0.497 e. The molecular formula is C19H20ClN7O3. The van der Waals surface area contributed by atoms with E-state index in [9.17, 15) is 9.59 Å². The number of nitrogens with two attached hydrogens (primary N) is 1. The van der Waals surface area contributed by atoms with Gasteiger partial charge in [-0.3, -0.25) is 4.79 Å².